The van der Waals surface area contributed by atoms with Gasteiger partial charge in [0.1, 0.15) is 5.82 Å². The van der Waals surface area contributed by atoms with Crippen LogP contribution in [0.1, 0.15) is 23.2 Å². The third-order valence-electron chi connectivity index (χ3n) is 3.71. The van der Waals surface area contributed by atoms with Crippen LogP contribution in [0.5, 0.6) is 0 Å². The molecule has 1 aliphatic heterocycles. The summed E-state index contributed by atoms with van der Waals surface area (Å²) < 4.78 is 13.0. The summed E-state index contributed by atoms with van der Waals surface area (Å²) in [5, 5.41) is 0. The van der Waals surface area contributed by atoms with E-state index >= 15 is 0 Å². The standard InChI is InChI=1S/C17H16FNO/c18-14-9-7-13(8-10-14)15-5-1-2-6-16(15)17(20)19-11-3-4-12-19/h1-2,5-10H,3-4,11-12H2. The Kier molecular flexibility index (Phi) is 3.50. The number of hydrogen-bond donors (Lipinski definition) is 0. The van der Waals surface area contributed by atoms with Crippen LogP contribution in [0.4, 0.5) is 4.39 Å². The van der Waals surface area contributed by atoms with Gasteiger partial charge in [0, 0.05) is 18.7 Å². The summed E-state index contributed by atoms with van der Waals surface area (Å²) in [6, 6.07) is 13.8. The topological polar surface area (TPSA) is 20.3 Å². The van der Waals surface area contributed by atoms with E-state index in [0.29, 0.717) is 5.56 Å². The van der Waals surface area contributed by atoms with Crippen molar-refractivity contribution in [3.63, 3.8) is 0 Å². The Labute approximate surface area is 117 Å². The summed E-state index contributed by atoms with van der Waals surface area (Å²) in [6.45, 7) is 1.66. The Morgan fingerprint density at radius 1 is 0.950 bits per heavy atom. The first-order valence-corrected chi connectivity index (χ1v) is 6.90. The molecule has 102 valence electrons. The Bertz CT molecular complexity index is 615. The first-order valence-electron chi connectivity index (χ1n) is 6.90. The van der Waals surface area contributed by atoms with Crippen molar-refractivity contribution < 1.29 is 9.18 Å². The second-order valence-electron chi connectivity index (χ2n) is 5.05. The minimum Gasteiger partial charge on any atom is -0.339 e. The first-order chi connectivity index (χ1) is 9.75. The highest BCUT2D eigenvalue weighted by molar-refractivity contribution is 6.01. The molecular formula is C17H16FNO. The molecule has 1 fully saturated rings. The number of halogens is 1. The molecule has 0 radical (unpaired) electrons. The van der Waals surface area contributed by atoms with Gasteiger partial charge in [-0.2, -0.15) is 0 Å². The minimum atomic E-state index is -0.267. The van der Waals surface area contributed by atoms with E-state index in [2.05, 4.69) is 0 Å². The normalized spacial score (nSPS) is 14.6. The van der Waals surface area contributed by atoms with Crippen LogP contribution in [0.3, 0.4) is 0 Å². The molecule has 0 bridgehead atoms. The molecule has 3 heteroatoms. The van der Waals surface area contributed by atoms with E-state index in [1.165, 1.54) is 12.1 Å². The van der Waals surface area contributed by atoms with E-state index in [0.717, 1.165) is 37.1 Å². The molecule has 0 spiro atoms. The van der Waals surface area contributed by atoms with E-state index in [-0.39, 0.29) is 11.7 Å². The highest BCUT2D eigenvalue weighted by Crippen LogP contribution is 2.26. The number of rotatable bonds is 2. The van der Waals surface area contributed by atoms with E-state index < -0.39 is 0 Å². The zero-order chi connectivity index (χ0) is 13.9. The Hall–Kier alpha value is -2.16. The number of likely N-dealkylation sites (tertiary alicyclic amines) is 1. The molecule has 0 aliphatic carbocycles. The van der Waals surface area contributed by atoms with Crippen molar-refractivity contribution in [2.24, 2.45) is 0 Å². The molecule has 2 aromatic rings. The molecule has 0 atom stereocenters. The summed E-state index contributed by atoms with van der Waals surface area (Å²) >= 11 is 0. The summed E-state index contributed by atoms with van der Waals surface area (Å²) in [5.74, 6) is -0.195. The minimum absolute atomic E-state index is 0.0717. The maximum atomic E-state index is 13.0. The van der Waals surface area contributed by atoms with E-state index in [1.807, 2.05) is 29.2 Å². The number of amides is 1. The van der Waals surface area contributed by atoms with Gasteiger partial charge in [0.2, 0.25) is 0 Å². The molecule has 0 aromatic heterocycles. The van der Waals surface area contributed by atoms with E-state index in [9.17, 15) is 9.18 Å². The average molecular weight is 269 g/mol. The molecule has 0 saturated carbocycles. The van der Waals surface area contributed by atoms with Gasteiger partial charge >= 0.3 is 0 Å². The quantitative estimate of drug-likeness (QED) is 0.813. The molecule has 0 unspecified atom stereocenters. The summed E-state index contributed by atoms with van der Waals surface area (Å²) in [4.78, 5) is 14.5. The van der Waals surface area contributed by atoms with Gasteiger partial charge in [-0.3, -0.25) is 4.79 Å². The lowest BCUT2D eigenvalue weighted by Crippen LogP contribution is -2.28. The van der Waals surface area contributed by atoms with Crippen LogP contribution in [0, 0.1) is 5.82 Å². The molecule has 1 saturated heterocycles. The van der Waals surface area contributed by atoms with Crippen molar-refractivity contribution in [3.8, 4) is 11.1 Å². The van der Waals surface area contributed by atoms with Crippen LogP contribution in [0.15, 0.2) is 48.5 Å². The maximum absolute atomic E-state index is 13.0. The number of nitrogens with zero attached hydrogens (tertiary/aromatic N) is 1. The van der Waals surface area contributed by atoms with Gasteiger partial charge in [-0.05, 0) is 42.2 Å². The molecule has 2 aromatic carbocycles. The number of carbonyl (C=O) groups is 1. The fraction of sp³-hybridized carbons (Fsp3) is 0.235. The number of hydrogen-bond acceptors (Lipinski definition) is 1. The average Bonchev–Trinajstić information content (AvgIpc) is 3.02. The first kappa shape index (κ1) is 12.9. The molecule has 1 amide bonds. The van der Waals surface area contributed by atoms with Crippen LogP contribution in [-0.2, 0) is 0 Å². The van der Waals surface area contributed by atoms with Crippen LogP contribution < -0.4 is 0 Å². The monoisotopic (exact) mass is 269 g/mol. The van der Waals surface area contributed by atoms with Gasteiger partial charge < -0.3 is 4.90 Å². The number of carbonyl (C=O) groups excluding carboxylic acids is 1. The van der Waals surface area contributed by atoms with Crippen molar-refractivity contribution in [2.45, 2.75) is 12.8 Å². The lowest BCUT2D eigenvalue weighted by Gasteiger charge is -2.17. The molecule has 20 heavy (non-hydrogen) atoms. The zero-order valence-corrected chi connectivity index (χ0v) is 11.2. The number of benzene rings is 2. The zero-order valence-electron chi connectivity index (χ0n) is 11.2. The molecule has 3 rings (SSSR count). The fourth-order valence-electron chi connectivity index (χ4n) is 2.64. The van der Waals surface area contributed by atoms with Crippen molar-refractivity contribution in [1.82, 2.24) is 4.90 Å². The molecule has 1 heterocycles. The SMILES string of the molecule is O=C(c1ccccc1-c1ccc(F)cc1)N1CCCC1. The van der Waals surface area contributed by atoms with Gasteiger partial charge in [0.25, 0.3) is 5.91 Å². The van der Waals surface area contributed by atoms with Gasteiger partial charge in [0.05, 0.1) is 0 Å². The third-order valence-corrected chi connectivity index (χ3v) is 3.71. The summed E-state index contributed by atoms with van der Waals surface area (Å²) in [7, 11) is 0. The smallest absolute Gasteiger partial charge is 0.254 e. The predicted octanol–water partition coefficient (Wildman–Crippen LogP) is 3.73. The molecule has 0 N–H and O–H groups in total. The van der Waals surface area contributed by atoms with Crippen LogP contribution in [0.2, 0.25) is 0 Å². The predicted molar refractivity (Wildman–Crippen MR) is 77.0 cm³/mol. The third kappa shape index (κ3) is 2.44. The van der Waals surface area contributed by atoms with Crippen molar-refractivity contribution >= 4 is 5.91 Å². The van der Waals surface area contributed by atoms with Gasteiger partial charge in [-0.25, -0.2) is 4.39 Å². The second-order valence-corrected chi connectivity index (χ2v) is 5.05. The lowest BCUT2D eigenvalue weighted by atomic mass is 9.99. The van der Waals surface area contributed by atoms with E-state index in [4.69, 9.17) is 0 Å². The fourth-order valence-corrected chi connectivity index (χ4v) is 2.64. The van der Waals surface area contributed by atoms with Crippen molar-refractivity contribution in [3.05, 3.63) is 59.9 Å². The van der Waals surface area contributed by atoms with Gasteiger partial charge in [-0.15, -0.1) is 0 Å². The van der Waals surface area contributed by atoms with Crippen molar-refractivity contribution in [2.75, 3.05) is 13.1 Å². The Balaban J connectivity index is 1.99. The largest absolute Gasteiger partial charge is 0.339 e. The molecular weight excluding hydrogens is 253 g/mol. The van der Waals surface area contributed by atoms with E-state index in [1.54, 1.807) is 12.1 Å². The molecule has 1 aliphatic rings. The van der Waals surface area contributed by atoms with Crippen LogP contribution in [-0.4, -0.2) is 23.9 Å². The molecule has 2 nitrogen and oxygen atoms in total. The van der Waals surface area contributed by atoms with Gasteiger partial charge in [-0.1, -0.05) is 30.3 Å². The summed E-state index contributed by atoms with van der Waals surface area (Å²) in [6.07, 6.45) is 2.15. The Morgan fingerprint density at radius 2 is 1.60 bits per heavy atom. The maximum Gasteiger partial charge on any atom is 0.254 e. The highest BCUT2D eigenvalue weighted by Gasteiger charge is 2.21. The Morgan fingerprint density at radius 3 is 2.30 bits per heavy atom. The highest BCUT2D eigenvalue weighted by atomic mass is 19.1. The van der Waals surface area contributed by atoms with Crippen molar-refractivity contribution in [1.29, 1.82) is 0 Å². The van der Waals surface area contributed by atoms with Gasteiger partial charge in [0.15, 0.2) is 0 Å². The summed E-state index contributed by atoms with van der Waals surface area (Å²) in [5.41, 5.74) is 2.43. The lowest BCUT2D eigenvalue weighted by molar-refractivity contribution is 0.0793. The van der Waals surface area contributed by atoms with Crippen LogP contribution >= 0.6 is 0 Å². The second kappa shape index (κ2) is 5.45. The van der Waals surface area contributed by atoms with Crippen LogP contribution in [0.25, 0.3) is 11.1 Å².